The first-order chi connectivity index (χ1) is 14.4. The zero-order valence-electron chi connectivity index (χ0n) is 16.0. The Bertz CT molecular complexity index is 1250. The number of benzene rings is 2. The van der Waals surface area contributed by atoms with E-state index in [0.29, 0.717) is 10.8 Å². The van der Waals surface area contributed by atoms with Crippen molar-refractivity contribution in [2.75, 3.05) is 0 Å². The third-order valence-corrected chi connectivity index (χ3v) is 6.00. The number of nitrogens with zero attached hydrogens (tertiary/aromatic N) is 4. The third kappa shape index (κ3) is 3.92. The van der Waals surface area contributed by atoms with Crippen molar-refractivity contribution in [2.45, 2.75) is 23.8 Å². The number of rotatable bonds is 5. The maximum atomic E-state index is 11.9. The molecule has 0 radical (unpaired) electrons. The lowest BCUT2D eigenvalue weighted by molar-refractivity contribution is -0.389. The van der Waals surface area contributed by atoms with Gasteiger partial charge in [-0.3, -0.25) is 15.1 Å². The van der Waals surface area contributed by atoms with Crippen LogP contribution in [0.4, 0.5) is 5.69 Å². The lowest BCUT2D eigenvalue weighted by Gasteiger charge is -2.10. The normalized spacial score (nSPS) is 10.9. The predicted molar refractivity (Wildman–Crippen MR) is 116 cm³/mol. The molecule has 0 aliphatic rings. The second-order valence-corrected chi connectivity index (χ2v) is 7.90. The predicted octanol–water partition coefficient (Wildman–Crippen LogP) is 6.15. The fraction of sp³-hybridized carbons (Fsp3) is 0.0952. The fourth-order valence-electron chi connectivity index (χ4n) is 2.99. The molecule has 2 aromatic carbocycles. The summed E-state index contributed by atoms with van der Waals surface area (Å²) >= 11 is 7.35. The van der Waals surface area contributed by atoms with Gasteiger partial charge in [0.1, 0.15) is 12.1 Å². The van der Waals surface area contributed by atoms with Crippen LogP contribution in [0.3, 0.4) is 0 Å². The quantitative estimate of drug-likeness (QED) is 0.210. The summed E-state index contributed by atoms with van der Waals surface area (Å²) in [7, 11) is 0. The number of halogens is 1. The molecule has 4 aromatic rings. The molecule has 0 spiro atoms. The van der Waals surface area contributed by atoms with Gasteiger partial charge < -0.3 is 4.74 Å². The Morgan fingerprint density at radius 2 is 1.80 bits per heavy atom. The van der Waals surface area contributed by atoms with Gasteiger partial charge in [0.15, 0.2) is 5.03 Å². The van der Waals surface area contributed by atoms with Crippen molar-refractivity contribution in [1.29, 1.82) is 0 Å². The lowest BCUT2D eigenvalue weighted by atomic mass is 10.1. The van der Waals surface area contributed by atoms with Crippen molar-refractivity contribution < 1.29 is 9.66 Å². The minimum atomic E-state index is -0.536. The zero-order chi connectivity index (χ0) is 21.3. The van der Waals surface area contributed by atoms with Crippen LogP contribution in [0, 0.1) is 24.0 Å². The maximum absolute atomic E-state index is 11.9. The van der Waals surface area contributed by atoms with Gasteiger partial charge in [-0.1, -0.05) is 41.6 Å². The van der Waals surface area contributed by atoms with E-state index >= 15 is 0 Å². The summed E-state index contributed by atoms with van der Waals surface area (Å²) in [5.74, 6) is 0.283. The van der Waals surface area contributed by atoms with Crippen molar-refractivity contribution in [3.63, 3.8) is 0 Å². The van der Waals surface area contributed by atoms with E-state index in [0.717, 1.165) is 38.7 Å². The van der Waals surface area contributed by atoms with E-state index in [-0.39, 0.29) is 16.6 Å². The summed E-state index contributed by atoms with van der Waals surface area (Å²) in [6.45, 7) is 3.68. The van der Waals surface area contributed by atoms with Crippen LogP contribution >= 0.6 is 23.4 Å². The van der Waals surface area contributed by atoms with Gasteiger partial charge in [0.05, 0.1) is 10.4 Å². The van der Waals surface area contributed by atoms with Gasteiger partial charge in [-0.25, -0.2) is 4.98 Å². The minimum Gasteiger partial charge on any atom is -0.434 e. The Balaban J connectivity index is 1.76. The van der Waals surface area contributed by atoms with Crippen LogP contribution in [0.2, 0.25) is 5.02 Å². The molecule has 0 atom stereocenters. The summed E-state index contributed by atoms with van der Waals surface area (Å²) in [6.07, 6.45) is 2.93. The summed E-state index contributed by atoms with van der Waals surface area (Å²) < 4.78 is 5.77. The van der Waals surface area contributed by atoms with Crippen LogP contribution < -0.4 is 4.74 Å². The van der Waals surface area contributed by atoms with Crippen molar-refractivity contribution >= 4 is 40.0 Å². The van der Waals surface area contributed by atoms with Crippen LogP contribution in [-0.2, 0) is 0 Å². The number of ether oxygens (including phenoxy) is 1. The highest BCUT2D eigenvalue weighted by Crippen LogP contribution is 2.41. The van der Waals surface area contributed by atoms with Gasteiger partial charge >= 0.3 is 11.6 Å². The number of hydrogen-bond donors (Lipinski definition) is 0. The van der Waals surface area contributed by atoms with Crippen molar-refractivity contribution in [1.82, 2.24) is 15.0 Å². The van der Waals surface area contributed by atoms with E-state index < -0.39 is 4.92 Å². The molecule has 0 aliphatic heterocycles. The third-order valence-electron chi connectivity index (χ3n) is 4.36. The van der Waals surface area contributed by atoms with Crippen molar-refractivity contribution in [2.24, 2.45) is 0 Å². The second-order valence-electron chi connectivity index (χ2n) is 6.50. The van der Waals surface area contributed by atoms with Crippen LogP contribution in [0.1, 0.15) is 11.1 Å². The van der Waals surface area contributed by atoms with Crippen molar-refractivity contribution in [3.8, 4) is 11.6 Å². The fourth-order valence-corrected chi connectivity index (χ4v) is 4.08. The Kier molecular flexibility index (Phi) is 5.52. The molecular weight excluding hydrogens is 424 g/mol. The zero-order valence-corrected chi connectivity index (χ0v) is 17.6. The first kappa shape index (κ1) is 20.1. The minimum absolute atomic E-state index is 0.133. The van der Waals surface area contributed by atoms with E-state index in [9.17, 15) is 10.1 Å². The molecule has 0 amide bonds. The molecule has 150 valence electrons. The smallest absolute Gasteiger partial charge is 0.363 e. The first-order valence-electron chi connectivity index (χ1n) is 8.89. The van der Waals surface area contributed by atoms with E-state index in [4.69, 9.17) is 16.3 Å². The first-order valence-corrected chi connectivity index (χ1v) is 10.1. The topological polar surface area (TPSA) is 91.0 Å². The Labute approximate surface area is 181 Å². The molecule has 0 unspecified atom stereocenters. The SMILES string of the molecule is Cc1cc(Oc2ncnc(Sc3cccc4cccnc34)c2[N+](=O)[O-])cc(C)c1Cl. The maximum Gasteiger partial charge on any atom is 0.363 e. The Morgan fingerprint density at radius 3 is 2.53 bits per heavy atom. The number of para-hydroxylation sites is 1. The number of fused-ring (bicyclic) bond motifs is 1. The summed E-state index contributed by atoms with van der Waals surface area (Å²) in [4.78, 5) is 24.6. The van der Waals surface area contributed by atoms with Crippen LogP contribution in [-0.4, -0.2) is 19.9 Å². The van der Waals surface area contributed by atoms with E-state index in [2.05, 4.69) is 15.0 Å². The molecular formula is C21H15ClN4O3S. The molecule has 0 saturated carbocycles. The van der Waals surface area contributed by atoms with Crippen molar-refractivity contribution in [3.05, 3.63) is 81.3 Å². The summed E-state index contributed by atoms with van der Waals surface area (Å²) in [5.41, 5.74) is 2.05. The molecule has 2 heterocycles. The molecule has 9 heteroatoms. The molecule has 0 aliphatic carbocycles. The second kappa shape index (κ2) is 8.25. The molecule has 0 saturated heterocycles. The van der Waals surface area contributed by atoms with Gasteiger partial charge in [-0.15, -0.1) is 0 Å². The molecule has 0 fully saturated rings. The van der Waals surface area contributed by atoms with Crippen LogP contribution in [0.15, 0.2) is 64.9 Å². The van der Waals surface area contributed by atoms with Gasteiger partial charge in [0, 0.05) is 21.5 Å². The number of hydrogen-bond acceptors (Lipinski definition) is 7. The van der Waals surface area contributed by atoms with Gasteiger partial charge in [0.2, 0.25) is 0 Å². The highest BCUT2D eigenvalue weighted by Gasteiger charge is 2.26. The molecule has 0 N–H and O–H groups in total. The average molecular weight is 439 g/mol. The summed E-state index contributed by atoms with van der Waals surface area (Å²) in [6, 6.07) is 12.8. The largest absolute Gasteiger partial charge is 0.434 e. The van der Waals surface area contributed by atoms with E-state index in [1.54, 1.807) is 18.3 Å². The van der Waals surface area contributed by atoms with Gasteiger partial charge in [-0.2, -0.15) is 4.98 Å². The van der Waals surface area contributed by atoms with Gasteiger partial charge in [-0.05, 0) is 49.2 Å². The van der Waals surface area contributed by atoms with Crippen LogP contribution in [0.25, 0.3) is 10.9 Å². The van der Waals surface area contributed by atoms with Gasteiger partial charge in [0.25, 0.3) is 0 Å². The van der Waals surface area contributed by atoms with E-state index in [1.807, 2.05) is 44.2 Å². The molecule has 0 bridgehead atoms. The number of aryl methyl sites for hydroxylation is 2. The average Bonchev–Trinajstić information content (AvgIpc) is 2.72. The lowest BCUT2D eigenvalue weighted by Crippen LogP contribution is -2.00. The number of aromatic nitrogens is 3. The molecule has 4 rings (SSSR count). The van der Waals surface area contributed by atoms with E-state index in [1.165, 1.54) is 6.33 Å². The summed E-state index contributed by atoms with van der Waals surface area (Å²) in [5, 5.41) is 13.6. The Morgan fingerprint density at radius 1 is 1.07 bits per heavy atom. The standard InChI is InChI=1S/C21H15ClN4O3S/c1-12-9-15(10-13(2)17(12)22)29-20-19(26(27)28)21(25-11-24-20)30-16-7-3-5-14-6-4-8-23-18(14)16/h3-11H,1-2H3. The highest BCUT2D eigenvalue weighted by molar-refractivity contribution is 7.99. The number of pyridine rings is 1. The van der Waals surface area contributed by atoms with Crippen LogP contribution in [0.5, 0.6) is 11.6 Å². The number of nitro groups is 1. The molecule has 7 nitrogen and oxygen atoms in total. The highest BCUT2D eigenvalue weighted by atomic mass is 35.5. The monoisotopic (exact) mass is 438 g/mol. The molecule has 30 heavy (non-hydrogen) atoms. The molecule has 2 aromatic heterocycles. The Hall–Kier alpha value is -3.23.